The van der Waals surface area contributed by atoms with Crippen LogP contribution in [0.3, 0.4) is 0 Å². The molecular weight excluding hydrogens is 681 g/mol. The second-order valence-electron chi connectivity index (χ2n) is 18.5. The molecule has 1 aliphatic heterocycles. The van der Waals surface area contributed by atoms with E-state index in [1.165, 1.54) is 0 Å². The van der Waals surface area contributed by atoms with Crippen LogP contribution in [0.4, 0.5) is 0 Å². The van der Waals surface area contributed by atoms with Crippen LogP contribution in [0.15, 0.2) is 102 Å². The van der Waals surface area contributed by atoms with Gasteiger partial charge in [0.15, 0.2) is 0 Å². The number of rotatable bonds is 6. The van der Waals surface area contributed by atoms with Crippen LogP contribution in [-0.2, 0) is 13.9 Å². The first-order valence-corrected chi connectivity index (χ1v) is 21.2. The molecule has 284 valence electrons. The second-order valence-corrected chi connectivity index (χ2v) is 22.7. The lowest BCUT2D eigenvalue weighted by molar-refractivity contribution is -0.335. The van der Waals surface area contributed by atoms with Crippen molar-refractivity contribution in [2.45, 2.75) is 116 Å². The highest BCUT2D eigenvalue weighted by molar-refractivity contribution is 6.99. The summed E-state index contributed by atoms with van der Waals surface area (Å²) in [6, 6.07) is 29.7. The summed E-state index contributed by atoms with van der Waals surface area (Å²) in [6.45, 7) is 19.1. The Bertz CT molecular complexity index is 1820. The van der Waals surface area contributed by atoms with E-state index in [1.54, 1.807) is 24.3 Å². The highest BCUT2D eigenvalue weighted by Crippen LogP contribution is 2.67. The number of ether oxygens (including phenoxy) is 2. The van der Waals surface area contributed by atoms with Gasteiger partial charge >= 0.3 is 5.97 Å². The number of esters is 1. The van der Waals surface area contributed by atoms with E-state index >= 15 is 0 Å². The molecule has 0 aromatic heterocycles. The minimum Gasteiger partial charge on any atom is -0.455 e. The van der Waals surface area contributed by atoms with E-state index in [9.17, 15) is 20.1 Å². The summed E-state index contributed by atoms with van der Waals surface area (Å²) in [6.07, 6.45) is -3.88. The minimum atomic E-state index is -3.23. The quantitative estimate of drug-likeness (QED) is 0.152. The fourth-order valence-electron chi connectivity index (χ4n) is 11.2. The van der Waals surface area contributed by atoms with Crippen LogP contribution in [0.25, 0.3) is 0 Å². The Balaban J connectivity index is 1.50. The van der Waals surface area contributed by atoms with Gasteiger partial charge in [0.05, 0.1) is 30.5 Å². The van der Waals surface area contributed by atoms with E-state index in [1.807, 2.05) is 52.8 Å². The van der Waals surface area contributed by atoms with Gasteiger partial charge in [0.25, 0.3) is 8.32 Å². The predicted molar refractivity (Wildman–Crippen MR) is 209 cm³/mol. The number of hydrogen-bond acceptors (Lipinski definition) is 7. The predicted octanol–water partition coefficient (Wildman–Crippen LogP) is 6.44. The molecule has 7 rings (SSSR count). The molecule has 1 saturated heterocycles. The maximum atomic E-state index is 14.3. The third kappa shape index (κ3) is 5.41. The zero-order chi connectivity index (χ0) is 38.4. The van der Waals surface area contributed by atoms with Crippen molar-refractivity contribution in [3.63, 3.8) is 0 Å². The first kappa shape index (κ1) is 38.2. The number of allylic oxidation sites excluding steroid dienone is 1. The van der Waals surface area contributed by atoms with Crippen molar-refractivity contribution >= 4 is 24.7 Å². The van der Waals surface area contributed by atoms with Crippen molar-refractivity contribution in [2.24, 2.45) is 28.1 Å². The molecule has 3 aromatic rings. The van der Waals surface area contributed by atoms with Gasteiger partial charge in [0.2, 0.25) is 0 Å². The summed E-state index contributed by atoms with van der Waals surface area (Å²) in [7, 11) is -3.23. The van der Waals surface area contributed by atoms with Crippen molar-refractivity contribution in [3.8, 4) is 0 Å². The lowest BCUT2D eigenvalue weighted by atomic mass is 9.42. The van der Waals surface area contributed by atoms with Crippen molar-refractivity contribution in [1.82, 2.24) is 0 Å². The first-order chi connectivity index (χ1) is 24.9. The summed E-state index contributed by atoms with van der Waals surface area (Å²) in [5.41, 5.74) is -2.58. The van der Waals surface area contributed by atoms with E-state index in [0.29, 0.717) is 30.6 Å². The first-order valence-electron chi connectivity index (χ1n) is 19.3. The molecule has 0 radical (unpaired) electrons. The molecular formula is C45H58O7Si. The molecule has 7 nitrogen and oxygen atoms in total. The number of carbonyl (C=O) groups excluding carboxylic acids is 1. The van der Waals surface area contributed by atoms with Gasteiger partial charge in [-0.05, 0) is 58.8 Å². The third-order valence-corrected chi connectivity index (χ3v) is 19.4. The van der Waals surface area contributed by atoms with Gasteiger partial charge < -0.3 is 29.2 Å². The Labute approximate surface area is 316 Å². The number of benzene rings is 3. The van der Waals surface area contributed by atoms with Gasteiger partial charge in [-0.2, -0.15) is 0 Å². The van der Waals surface area contributed by atoms with Gasteiger partial charge in [-0.25, -0.2) is 4.79 Å². The topological polar surface area (TPSA) is 105 Å². The number of aliphatic hydroxyl groups is 3. The van der Waals surface area contributed by atoms with Gasteiger partial charge in [0.1, 0.15) is 17.8 Å². The average molecular weight is 739 g/mol. The molecule has 2 bridgehead atoms. The highest BCUT2D eigenvalue weighted by Gasteiger charge is 2.75. The standard InChI is InChI=1S/C45H58O7Si/c1-28-26-45(49)39(51-40(48)30-19-13-10-14-20-30)37-43(8)27-50-33(43)25-34(44(37,9)38(47)36(46)35(29(28)2)42(45,6)7)52-53(41(3,4)5,31-21-15-11-16-22-31)32-23-17-12-18-24-32/h10-24,28,33-34,36-39,46-47,49H,25-27H2,1-9H3/t28-,33+,34-,36+,37+,38-,39-,43+,44+,45+/m0/s1. The molecule has 53 heavy (non-hydrogen) atoms. The van der Waals surface area contributed by atoms with Crippen molar-refractivity contribution in [1.29, 1.82) is 0 Å². The number of carbonyl (C=O) groups is 1. The van der Waals surface area contributed by atoms with E-state index in [4.69, 9.17) is 13.9 Å². The largest absolute Gasteiger partial charge is 0.455 e. The SMILES string of the molecule is CC1=C2[C@@H](O)[C@H](O)[C@]3(C)[C@@H](O[Si](c4ccccc4)(c4ccccc4)C(C)(C)C)C[C@H]4OC[C@@]4(C)[C@H]3[C@H](OC(=O)c3ccccc3)[C@](O)(C[C@@H]1C)C2(C)C. The summed E-state index contributed by atoms with van der Waals surface area (Å²) < 4.78 is 21.1. The third-order valence-electron chi connectivity index (χ3n) is 14.4. The minimum absolute atomic E-state index is 0.138. The Morgan fingerprint density at radius 1 is 0.868 bits per heavy atom. The van der Waals surface area contributed by atoms with E-state index in [-0.39, 0.29) is 17.1 Å². The van der Waals surface area contributed by atoms with Crippen LogP contribution < -0.4 is 10.4 Å². The number of aliphatic hydroxyl groups excluding tert-OH is 2. The second kappa shape index (κ2) is 13.0. The summed E-state index contributed by atoms with van der Waals surface area (Å²) in [4.78, 5) is 14.3. The zero-order valence-corrected chi connectivity index (χ0v) is 33.8. The smallest absolute Gasteiger partial charge is 0.338 e. The van der Waals surface area contributed by atoms with Crippen molar-refractivity contribution in [3.05, 3.63) is 108 Å². The number of fused-ring (bicyclic) bond motifs is 5. The van der Waals surface area contributed by atoms with Crippen LogP contribution >= 0.6 is 0 Å². The lowest BCUT2D eigenvalue weighted by Crippen LogP contribution is -2.80. The monoisotopic (exact) mass is 738 g/mol. The Morgan fingerprint density at radius 2 is 1.40 bits per heavy atom. The molecule has 0 unspecified atom stereocenters. The molecule has 1 heterocycles. The summed E-state index contributed by atoms with van der Waals surface area (Å²) >= 11 is 0. The fourth-order valence-corrected chi connectivity index (χ4v) is 16.0. The molecule has 2 saturated carbocycles. The van der Waals surface area contributed by atoms with Gasteiger partial charge in [-0.15, -0.1) is 0 Å². The van der Waals surface area contributed by atoms with Crippen LogP contribution in [-0.4, -0.2) is 72.3 Å². The normalized spacial score (nSPS) is 36.6. The van der Waals surface area contributed by atoms with Gasteiger partial charge in [-0.3, -0.25) is 0 Å². The van der Waals surface area contributed by atoms with Crippen molar-refractivity contribution in [2.75, 3.05) is 6.61 Å². The Kier molecular flexibility index (Phi) is 9.36. The molecule has 10 atom stereocenters. The van der Waals surface area contributed by atoms with Crippen LogP contribution in [0.1, 0.15) is 85.5 Å². The summed E-state index contributed by atoms with van der Waals surface area (Å²) in [5.74, 6) is -1.34. The van der Waals surface area contributed by atoms with E-state index < -0.39 is 66.5 Å². The molecule has 3 N–H and O–H groups in total. The zero-order valence-electron chi connectivity index (χ0n) is 32.8. The molecule has 0 spiro atoms. The maximum absolute atomic E-state index is 14.3. The van der Waals surface area contributed by atoms with Crippen molar-refractivity contribution < 1.29 is 34.0 Å². The highest BCUT2D eigenvalue weighted by atomic mass is 28.4. The molecule has 8 heteroatoms. The molecule has 0 amide bonds. The average Bonchev–Trinajstić information content (AvgIpc) is 3.12. The molecule has 3 aromatic carbocycles. The van der Waals surface area contributed by atoms with Crippen LogP contribution in [0.5, 0.6) is 0 Å². The van der Waals surface area contributed by atoms with E-state index in [0.717, 1.165) is 15.9 Å². The van der Waals surface area contributed by atoms with E-state index in [2.05, 4.69) is 76.2 Å². The van der Waals surface area contributed by atoms with Gasteiger partial charge in [0, 0.05) is 22.2 Å². The molecule has 3 aliphatic carbocycles. The Hall–Kier alpha value is -3.11. The maximum Gasteiger partial charge on any atom is 0.338 e. The van der Waals surface area contributed by atoms with Gasteiger partial charge in [-0.1, -0.05) is 140 Å². The van der Waals surface area contributed by atoms with Crippen LogP contribution in [0.2, 0.25) is 5.04 Å². The summed E-state index contributed by atoms with van der Waals surface area (Å²) in [5, 5.41) is 41.0. The van der Waals surface area contributed by atoms with Crippen LogP contribution in [0, 0.1) is 28.1 Å². The Morgan fingerprint density at radius 3 is 1.89 bits per heavy atom. The molecule has 3 fully saturated rings. The molecule has 4 aliphatic rings. The number of hydrogen-bond donors (Lipinski definition) is 3. The fraction of sp³-hybridized carbons (Fsp3) is 0.533. The lowest BCUT2D eigenvalue weighted by Gasteiger charge is -2.70.